The van der Waals surface area contributed by atoms with Crippen LogP contribution >= 0.6 is 0 Å². The molecule has 1 N–H and O–H groups in total. The summed E-state index contributed by atoms with van der Waals surface area (Å²) in [5.74, 6) is -6.68. The molecule has 0 saturated carbocycles. The molecule has 0 aliphatic carbocycles. The molecule has 2 amide bonds. The zero-order valence-electron chi connectivity index (χ0n) is 17.3. The van der Waals surface area contributed by atoms with Gasteiger partial charge in [0.25, 0.3) is 5.91 Å². The number of carbonyl (C=O) groups excluding carboxylic acids is 3. The van der Waals surface area contributed by atoms with Gasteiger partial charge < -0.3 is 19.7 Å². The maximum atomic E-state index is 13.7. The summed E-state index contributed by atoms with van der Waals surface area (Å²) in [4.78, 5) is 38.0. The second kappa shape index (κ2) is 9.36. The van der Waals surface area contributed by atoms with Gasteiger partial charge in [0.1, 0.15) is 5.60 Å². The fourth-order valence-corrected chi connectivity index (χ4v) is 2.81. The van der Waals surface area contributed by atoms with Crippen LogP contribution in [0.15, 0.2) is 12.1 Å². The number of halogens is 3. The maximum absolute atomic E-state index is 13.7. The third-order valence-electron chi connectivity index (χ3n) is 4.44. The van der Waals surface area contributed by atoms with E-state index in [9.17, 15) is 27.6 Å². The van der Waals surface area contributed by atoms with Crippen molar-refractivity contribution in [2.24, 2.45) is 5.92 Å². The van der Waals surface area contributed by atoms with Gasteiger partial charge in [0.15, 0.2) is 23.6 Å². The fourth-order valence-electron chi connectivity index (χ4n) is 2.81. The Morgan fingerprint density at radius 3 is 2.27 bits per heavy atom. The van der Waals surface area contributed by atoms with Gasteiger partial charge in [0.2, 0.25) is 0 Å². The van der Waals surface area contributed by atoms with Crippen molar-refractivity contribution in [2.45, 2.75) is 52.2 Å². The molecule has 0 spiro atoms. The van der Waals surface area contributed by atoms with E-state index in [0.717, 1.165) is 6.07 Å². The number of anilines is 1. The zero-order chi connectivity index (χ0) is 22.6. The number of carbonyl (C=O) groups is 3. The standard InChI is InChI=1S/C20H25F3N2O5/c1-11(17(26)24-14-6-5-13(21)15(22)16(14)23)29-18(27)12-7-9-25(10-8-12)19(28)30-20(2,3)4/h5-6,11-12H,7-10H2,1-4H3,(H,24,26). The van der Waals surface area contributed by atoms with E-state index in [-0.39, 0.29) is 0 Å². The molecule has 0 aromatic heterocycles. The molecule has 1 heterocycles. The highest BCUT2D eigenvalue weighted by molar-refractivity contribution is 5.95. The Balaban J connectivity index is 1.85. The Bertz CT molecular complexity index is 817. The van der Waals surface area contributed by atoms with Gasteiger partial charge >= 0.3 is 12.1 Å². The molecule has 2 rings (SSSR count). The average molecular weight is 430 g/mol. The summed E-state index contributed by atoms with van der Waals surface area (Å²) in [5, 5.41) is 2.06. The summed E-state index contributed by atoms with van der Waals surface area (Å²) in [7, 11) is 0. The van der Waals surface area contributed by atoms with Gasteiger partial charge in [-0.25, -0.2) is 18.0 Å². The minimum Gasteiger partial charge on any atom is -0.452 e. The molecule has 0 bridgehead atoms. The predicted octanol–water partition coefficient (Wildman–Crippen LogP) is 3.62. The van der Waals surface area contributed by atoms with Crippen molar-refractivity contribution in [3.8, 4) is 0 Å². The Kier molecular flexibility index (Phi) is 7.33. The highest BCUT2D eigenvalue weighted by Gasteiger charge is 2.32. The molecule has 1 aromatic carbocycles. The monoisotopic (exact) mass is 430 g/mol. The van der Waals surface area contributed by atoms with Gasteiger partial charge in [-0.15, -0.1) is 0 Å². The summed E-state index contributed by atoms with van der Waals surface area (Å²) in [5.41, 5.74) is -1.18. The molecule has 1 aliphatic heterocycles. The summed E-state index contributed by atoms with van der Waals surface area (Å²) in [6, 6.07) is 1.54. The molecule has 1 unspecified atom stereocenters. The number of likely N-dealkylation sites (tertiary alicyclic amines) is 1. The van der Waals surface area contributed by atoms with Crippen LogP contribution in [0.3, 0.4) is 0 Å². The van der Waals surface area contributed by atoms with E-state index in [1.165, 1.54) is 11.8 Å². The molecule has 1 aromatic rings. The highest BCUT2D eigenvalue weighted by Crippen LogP contribution is 2.23. The van der Waals surface area contributed by atoms with Gasteiger partial charge in [0, 0.05) is 13.1 Å². The number of amides is 2. The normalized spacial score (nSPS) is 16.0. The second-order valence-corrected chi connectivity index (χ2v) is 8.03. The lowest BCUT2D eigenvalue weighted by Crippen LogP contribution is -2.43. The van der Waals surface area contributed by atoms with Crippen molar-refractivity contribution < 1.29 is 37.0 Å². The number of rotatable bonds is 4. The van der Waals surface area contributed by atoms with Gasteiger partial charge in [-0.1, -0.05) is 0 Å². The van der Waals surface area contributed by atoms with E-state index in [1.807, 2.05) is 0 Å². The molecule has 166 valence electrons. The van der Waals surface area contributed by atoms with Gasteiger partial charge in [-0.05, 0) is 52.7 Å². The first-order valence-corrected chi connectivity index (χ1v) is 9.52. The van der Waals surface area contributed by atoms with Crippen molar-refractivity contribution in [2.75, 3.05) is 18.4 Å². The zero-order valence-corrected chi connectivity index (χ0v) is 17.3. The Morgan fingerprint density at radius 2 is 1.70 bits per heavy atom. The van der Waals surface area contributed by atoms with Crippen LogP contribution in [0.25, 0.3) is 0 Å². The molecule has 10 heteroatoms. The number of esters is 1. The molecular formula is C20H25F3N2O5. The van der Waals surface area contributed by atoms with Gasteiger partial charge in [-0.2, -0.15) is 0 Å². The average Bonchev–Trinajstić information content (AvgIpc) is 2.67. The van der Waals surface area contributed by atoms with Crippen LogP contribution in [-0.4, -0.2) is 47.7 Å². The summed E-state index contributed by atoms with van der Waals surface area (Å²) >= 11 is 0. The molecule has 1 aliphatic rings. The van der Waals surface area contributed by atoms with Crippen molar-refractivity contribution in [3.05, 3.63) is 29.6 Å². The number of hydrogen-bond donors (Lipinski definition) is 1. The van der Waals surface area contributed by atoms with E-state index in [2.05, 4.69) is 5.32 Å². The van der Waals surface area contributed by atoms with Crippen LogP contribution in [0.1, 0.15) is 40.5 Å². The van der Waals surface area contributed by atoms with Crippen molar-refractivity contribution in [3.63, 3.8) is 0 Å². The quantitative estimate of drug-likeness (QED) is 0.583. The second-order valence-electron chi connectivity index (χ2n) is 8.03. The van der Waals surface area contributed by atoms with Crippen molar-refractivity contribution in [1.82, 2.24) is 4.90 Å². The van der Waals surface area contributed by atoms with Crippen LogP contribution < -0.4 is 5.32 Å². The Hall–Kier alpha value is -2.78. The number of piperidine rings is 1. The molecule has 7 nitrogen and oxygen atoms in total. The molecule has 1 atom stereocenters. The SMILES string of the molecule is CC(OC(=O)C1CCN(C(=O)OC(C)(C)C)CC1)C(=O)Nc1ccc(F)c(F)c1F. The van der Waals surface area contributed by atoms with E-state index in [1.54, 1.807) is 20.8 Å². The van der Waals surface area contributed by atoms with Crippen molar-refractivity contribution in [1.29, 1.82) is 0 Å². The first kappa shape index (κ1) is 23.5. The number of nitrogens with one attached hydrogen (secondary N) is 1. The summed E-state index contributed by atoms with van der Waals surface area (Å²) < 4.78 is 50.3. The van der Waals surface area contributed by atoms with Gasteiger partial charge in [-0.3, -0.25) is 9.59 Å². The van der Waals surface area contributed by atoms with Crippen LogP contribution in [0, 0.1) is 23.4 Å². The van der Waals surface area contributed by atoms with Crippen LogP contribution in [0.2, 0.25) is 0 Å². The van der Waals surface area contributed by atoms with Crippen molar-refractivity contribution >= 4 is 23.7 Å². The smallest absolute Gasteiger partial charge is 0.410 e. The lowest BCUT2D eigenvalue weighted by molar-refractivity contribution is -0.158. The highest BCUT2D eigenvalue weighted by atomic mass is 19.2. The third kappa shape index (κ3) is 6.11. The molecular weight excluding hydrogens is 405 g/mol. The molecule has 1 saturated heterocycles. The first-order valence-electron chi connectivity index (χ1n) is 9.52. The molecule has 30 heavy (non-hydrogen) atoms. The van der Waals surface area contributed by atoms with E-state index in [0.29, 0.717) is 32.0 Å². The Labute approximate surface area is 172 Å². The number of hydrogen-bond acceptors (Lipinski definition) is 5. The third-order valence-corrected chi connectivity index (χ3v) is 4.44. The van der Waals surface area contributed by atoms with Crippen LogP contribution in [-0.2, 0) is 19.1 Å². The topological polar surface area (TPSA) is 84.9 Å². The number of ether oxygens (including phenoxy) is 2. The lowest BCUT2D eigenvalue weighted by Gasteiger charge is -2.32. The maximum Gasteiger partial charge on any atom is 0.410 e. The van der Waals surface area contributed by atoms with Crippen LogP contribution in [0.4, 0.5) is 23.7 Å². The van der Waals surface area contributed by atoms with Gasteiger partial charge in [0.05, 0.1) is 11.6 Å². The molecule has 0 radical (unpaired) electrons. The van der Waals surface area contributed by atoms with E-state index in [4.69, 9.17) is 9.47 Å². The minimum atomic E-state index is -1.71. The largest absolute Gasteiger partial charge is 0.452 e. The lowest BCUT2D eigenvalue weighted by atomic mass is 9.97. The predicted molar refractivity (Wildman–Crippen MR) is 101 cm³/mol. The minimum absolute atomic E-state index is 0.301. The van der Waals surface area contributed by atoms with E-state index < -0.39 is 58.7 Å². The number of benzene rings is 1. The molecule has 1 fully saturated rings. The Morgan fingerprint density at radius 1 is 1.10 bits per heavy atom. The summed E-state index contributed by atoms with van der Waals surface area (Å²) in [6.07, 6.45) is -1.07. The first-order chi connectivity index (χ1) is 13.9. The van der Waals surface area contributed by atoms with E-state index >= 15 is 0 Å². The number of nitrogens with zero attached hydrogens (tertiary/aromatic N) is 1. The fraction of sp³-hybridized carbons (Fsp3) is 0.550. The summed E-state index contributed by atoms with van der Waals surface area (Å²) in [6.45, 7) is 7.15. The van der Waals surface area contributed by atoms with Crippen LogP contribution in [0.5, 0.6) is 0 Å².